The van der Waals surface area contributed by atoms with Crippen LogP contribution in [0.3, 0.4) is 0 Å². The highest BCUT2D eigenvalue weighted by atomic mass is 35.5. The van der Waals surface area contributed by atoms with E-state index >= 15 is 0 Å². The predicted molar refractivity (Wildman–Crippen MR) is 82.0 cm³/mol. The molecular formula is C13H8Cl2N4O2. The Morgan fingerprint density at radius 3 is 2.38 bits per heavy atom. The summed E-state index contributed by atoms with van der Waals surface area (Å²) < 4.78 is 0. The van der Waals surface area contributed by atoms with Crippen LogP contribution in [0.1, 0.15) is 5.56 Å². The molecule has 2 rings (SSSR count). The first-order valence-electron chi connectivity index (χ1n) is 5.62. The maximum absolute atomic E-state index is 11.0. The van der Waals surface area contributed by atoms with E-state index in [0.717, 1.165) is 0 Å². The molecule has 2 aromatic rings. The molecule has 8 heteroatoms. The number of nitriles is 1. The summed E-state index contributed by atoms with van der Waals surface area (Å²) in [5, 5.41) is 23.2. The number of nitro benzene ring substituents is 1. The average Bonchev–Trinajstić information content (AvgIpc) is 2.44. The molecule has 0 fully saturated rings. The van der Waals surface area contributed by atoms with Gasteiger partial charge in [-0.2, -0.15) is 5.26 Å². The Morgan fingerprint density at radius 1 is 1.24 bits per heavy atom. The Hall–Kier alpha value is -2.49. The SMILES string of the molecule is N#Cc1ccc([N+](=O)[O-])c(Nc2cc(Cl)c(N)c(Cl)c2)c1. The molecule has 0 aliphatic heterocycles. The molecule has 0 atom stereocenters. The van der Waals surface area contributed by atoms with Gasteiger partial charge in [0.2, 0.25) is 0 Å². The summed E-state index contributed by atoms with van der Waals surface area (Å²) in [7, 11) is 0. The molecule has 0 aliphatic carbocycles. The van der Waals surface area contributed by atoms with Crippen LogP contribution in [0, 0.1) is 21.4 Å². The van der Waals surface area contributed by atoms with Gasteiger partial charge in [-0.05, 0) is 24.3 Å². The first kappa shape index (κ1) is 14.9. The molecule has 6 nitrogen and oxygen atoms in total. The van der Waals surface area contributed by atoms with Gasteiger partial charge in [0.25, 0.3) is 5.69 Å². The molecule has 0 bridgehead atoms. The number of nitrogens with two attached hydrogens (primary N) is 1. The molecule has 0 saturated heterocycles. The Bertz CT molecular complexity index is 748. The third kappa shape index (κ3) is 3.16. The van der Waals surface area contributed by atoms with Gasteiger partial charge in [0.1, 0.15) is 5.69 Å². The number of hydrogen-bond donors (Lipinski definition) is 2. The van der Waals surface area contributed by atoms with Crippen LogP contribution in [0.25, 0.3) is 0 Å². The van der Waals surface area contributed by atoms with E-state index in [1.807, 2.05) is 6.07 Å². The van der Waals surface area contributed by atoms with Crippen molar-refractivity contribution in [2.45, 2.75) is 0 Å². The number of anilines is 3. The van der Waals surface area contributed by atoms with Crippen LogP contribution in [0.15, 0.2) is 30.3 Å². The highest BCUT2D eigenvalue weighted by Crippen LogP contribution is 2.34. The van der Waals surface area contributed by atoms with Gasteiger partial charge in [0.05, 0.1) is 32.3 Å². The van der Waals surface area contributed by atoms with E-state index in [-0.39, 0.29) is 32.7 Å². The van der Waals surface area contributed by atoms with Crippen molar-refractivity contribution in [3.05, 3.63) is 56.1 Å². The van der Waals surface area contributed by atoms with Crippen molar-refractivity contribution in [1.82, 2.24) is 0 Å². The van der Waals surface area contributed by atoms with Crippen LogP contribution in [-0.2, 0) is 0 Å². The quantitative estimate of drug-likeness (QED) is 0.502. The topological polar surface area (TPSA) is 105 Å². The minimum atomic E-state index is -0.552. The zero-order valence-corrected chi connectivity index (χ0v) is 11.9. The first-order valence-corrected chi connectivity index (χ1v) is 6.38. The summed E-state index contributed by atoms with van der Waals surface area (Å²) in [5.41, 5.74) is 6.56. The summed E-state index contributed by atoms with van der Waals surface area (Å²) in [6, 6.07) is 8.89. The molecule has 0 heterocycles. The Balaban J connectivity index is 2.48. The monoisotopic (exact) mass is 322 g/mol. The Kier molecular flexibility index (Phi) is 4.17. The molecule has 106 valence electrons. The molecule has 0 amide bonds. The van der Waals surface area contributed by atoms with Gasteiger partial charge in [-0.3, -0.25) is 10.1 Å². The lowest BCUT2D eigenvalue weighted by Crippen LogP contribution is -1.98. The molecule has 3 N–H and O–H groups in total. The standard InChI is InChI=1S/C13H8Cl2N4O2/c14-9-4-8(5-10(15)13(9)17)18-11-3-7(6-16)1-2-12(11)19(20)21/h1-5,18H,17H2. The molecule has 2 aromatic carbocycles. The van der Waals surface area contributed by atoms with E-state index in [4.69, 9.17) is 34.2 Å². The summed E-state index contributed by atoms with van der Waals surface area (Å²) in [5.74, 6) is 0. The lowest BCUT2D eigenvalue weighted by Gasteiger charge is -2.10. The number of benzene rings is 2. The maximum Gasteiger partial charge on any atom is 0.292 e. The summed E-state index contributed by atoms with van der Waals surface area (Å²) in [6.07, 6.45) is 0. The van der Waals surface area contributed by atoms with Crippen LogP contribution in [0.2, 0.25) is 10.0 Å². The van der Waals surface area contributed by atoms with E-state index in [1.165, 1.54) is 30.3 Å². The number of nitrogens with one attached hydrogen (secondary N) is 1. The van der Waals surface area contributed by atoms with E-state index in [0.29, 0.717) is 5.69 Å². The van der Waals surface area contributed by atoms with Crippen LogP contribution in [-0.4, -0.2) is 4.92 Å². The van der Waals surface area contributed by atoms with Crippen LogP contribution in [0.5, 0.6) is 0 Å². The lowest BCUT2D eigenvalue weighted by atomic mass is 10.1. The average molecular weight is 323 g/mol. The number of rotatable bonds is 3. The second kappa shape index (κ2) is 5.87. The number of hydrogen-bond acceptors (Lipinski definition) is 5. The second-order valence-corrected chi connectivity index (χ2v) is 4.89. The van der Waals surface area contributed by atoms with Crippen molar-refractivity contribution >= 4 is 46.0 Å². The molecule has 0 saturated carbocycles. The Morgan fingerprint density at radius 2 is 1.86 bits per heavy atom. The molecule has 0 unspecified atom stereocenters. The lowest BCUT2D eigenvalue weighted by molar-refractivity contribution is -0.383. The van der Waals surface area contributed by atoms with Crippen molar-refractivity contribution in [1.29, 1.82) is 5.26 Å². The van der Waals surface area contributed by atoms with Crippen molar-refractivity contribution in [3.63, 3.8) is 0 Å². The normalized spacial score (nSPS) is 9.95. The highest BCUT2D eigenvalue weighted by Gasteiger charge is 2.15. The second-order valence-electron chi connectivity index (χ2n) is 4.08. The number of nitro groups is 1. The van der Waals surface area contributed by atoms with Gasteiger partial charge in [-0.25, -0.2) is 0 Å². The fourth-order valence-electron chi connectivity index (χ4n) is 1.68. The van der Waals surface area contributed by atoms with Crippen molar-refractivity contribution < 1.29 is 4.92 Å². The van der Waals surface area contributed by atoms with Crippen LogP contribution in [0.4, 0.5) is 22.7 Å². The summed E-state index contributed by atoms with van der Waals surface area (Å²) >= 11 is 11.8. The fourth-order valence-corrected chi connectivity index (χ4v) is 2.16. The van der Waals surface area contributed by atoms with Crippen LogP contribution >= 0.6 is 23.2 Å². The number of halogens is 2. The zero-order valence-electron chi connectivity index (χ0n) is 10.4. The highest BCUT2D eigenvalue weighted by molar-refractivity contribution is 6.39. The van der Waals surface area contributed by atoms with E-state index in [2.05, 4.69) is 5.32 Å². The van der Waals surface area contributed by atoms with E-state index in [1.54, 1.807) is 0 Å². The van der Waals surface area contributed by atoms with Crippen molar-refractivity contribution in [2.24, 2.45) is 0 Å². The van der Waals surface area contributed by atoms with Gasteiger partial charge in [-0.1, -0.05) is 23.2 Å². The third-order valence-corrected chi connectivity index (χ3v) is 3.31. The summed E-state index contributed by atoms with van der Waals surface area (Å²) in [4.78, 5) is 10.5. The minimum Gasteiger partial charge on any atom is -0.396 e. The van der Waals surface area contributed by atoms with Gasteiger partial charge in [0, 0.05) is 11.8 Å². The third-order valence-electron chi connectivity index (χ3n) is 2.68. The van der Waals surface area contributed by atoms with Gasteiger partial charge in [0.15, 0.2) is 0 Å². The van der Waals surface area contributed by atoms with Gasteiger partial charge >= 0.3 is 0 Å². The van der Waals surface area contributed by atoms with Gasteiger partial charge in [-0.15, -0.1) is 0 Å². The van der Waals surface area contributed by atoms with E-state index < -0.39 is 4.92 Å². The number of nitrogen functional groups attached to an aromatic ring is 1. The van der Waals surface area contributed by atoms with Gasteiger partial charge < -0.3 is 11.1 Å². The number of nitrogens with zero attached hydrogens (tertiary/aromatic N) is 2. The van der Waals surface area contributed by atoms with E-state index in [9.17, 15) is 10.1 Å². The largest absolute Gasteiger partial charge is 0.396 e. The molecule has 0 aliphatic rings. The first-order chi connectivity index (χ1) is 9.92. The minimum absolute atomic E-state index is 0.163. The smallest absolute Gasteiger partial charge is 0.292 e. The Labute approximate surface area is 129 Å². The molecule has 21 heavy (non-hydrogen) atoms. The zero-order chi connectivity index (χ0) is 15.6. The molecule has 0 radical (unpaired) electrons. The fraction of sp³-hybridized carbons (Fsp3) is 0. The molecular weight excluding hydrogens is 315 g/mol. The van der Waals surface area contributed by atoms with Crippen LogP contribution < -0.4 is 11.1 Å². The summed E-state index contributed by atoms with van der Waals surface area (Å²) in [6.45, 7) is 0. The maximum atomic E-state index is 11.0. The molecule has 0 aromatic heterocycles. The predicted octanol–water partition coefficient (Wildman–Crippen LogP) is 4.10. The van der Waals surface area contributed by atoms with Crippen molar-refractivity contribution in [2.75, 3.05) is 11.1 Å². The molecule has 0 spiro atoms. The van der Waals surface area contributed by atoms with Crippen molar-refractivity contribution in [3.8, 4) is 6.07 Å².